The zero-order chi connectivity index (χ0) is 9.40. The van der Waals surface area contributed by atoms with Gasteiger partial charge in [-0.1, -0.05) is 0 Å². The molecule has 0 saturated heterocycles. The van der Waals surface area contributed by atoms with Gasteiger partial charge in [-0.25, -0.2) is 0 Å². The second-order valence-corrected chi connectivity index (χ2v) is 2.64. The molecule has 1 atom stereocenters. The predicted molar refractivity (Wildman–Crippen MR) is 46.0 cm³/mol. The van der Waals surface area contributed by atoms with Crippen molar-refractivity contribution in [1.29, 1.82) is 0 Å². The second-order valence-electron chi connectivity index (χ2n) is 2.64. The van der Waals surface area contributed by atoms with Gasteiger partial charge in [0.2, 0.25) is 6.41 Å². The summed E-state index contributed by atoms with van der Waals surface area (Å²) in [5, 5.41) is 0. The van der Waals surface area contributed by atoms with Gasteiger partial charge < -0.3 is 14.4 Å². The third-order valence-electron chi connectivity index (χ3n) is 1.66. The summed E-state index contributed by atoms with van der Waals surface area (Å²) >= 11 is 0. The van der Waals surface area contributed by atoms with Crippen LogP contribution in [0.2, 0.25) is 0 Å². The highest BCUT2D eigenvalue weighted by molar-refractivity contribution is 5.47. The van der Waals surface area contributed by atoms with Crippen LogP contribution in [0, 0.1) is 0 Å². The molecule has 0 saturated carbocycles. The molecule has 0 fully saturated rings. The lowest BCUT2D eigenvalue weighted by molar-refractivity contribution is -0.121. The summed E-state index contributed by atoms with van der Waals surface area (Å²) in [5.74, 6) is 0. The Kier molecular flexibility index (Phi) is 6.70. The van der Waals surface area contributed by atoms with Gasteiger partial charge in [-0.2, -0.15) is 0 Å². The molecule has 0 aromatic rings. The van der Waals surface area contributed by atoms with Crippen molar-refractivity contribution >= 4 is 6.41 Å². The van der Waals surface area contributed by atoms with Crippen molar-refractivity contribution in [3.8, 4) is 0 Å². The number of carbonyl (C=O) groups is 1. The van der Waals surface area contributed by atoms with Crippen LogP contribution in [-0.4, -0.2) is 51.3 Å². The molecule has 0 heterocycles. The molecule has 0 aromatic carbocycles. The van der Waals surface area contributed by atoms with Crippen LogP contribution in [-0.2, 0) is 14.3 Å². The molecule has 0 spiro atoms. The Balaban J connectivity index is 3.70. The SMILES string of the molecule is COCCN(C=O)C(C)COC. The monoisotopic (exact) mass is 175 g/mol. The summed E-state index contributed by atoms with van der Waals surface area (Å²) in [6.07, 6.45) is 0.822. The van der Waals surface area contributed by atoms with E-state index in [1.165, 1.54) is 0 Å². The molecule has 0 aliphatic heterocycles. The number of hydrogen-bond acceptors (Lipinski definition) is 3. The van der Waals surface area contributed by atoms with E-state index in [0.717, 1.165) is 6.41 Å². The van der Waals surface area contributed by atoms with Crippen LogP contribution in [0.4, 0.5) is 0 Å². The fraction of sp³-hybridized carbons (Fsp3) is 0.875. The molecule has 0 aromatic heterocycles. The lowest BCUT2D eigenvalue weighted by atomic mass is 10.3. The van der Waals surface area contributed by atoms with Crippen molar-refractivity contribution in [1.82, 2.24) is 4.90 Å². The normalized spacial score (nSPS) is 12.6. The first-order valence-electron chi connectivity index (χ1n) is 3.95. The molecule has 1 amide bonds. The Hall–Kier alpha value is -0.610. The topological polar surface area (TPSA) is 38.8 Å². The van der Waals surface area contributed by atoms with E-state index < -0.39 is 0 Å². The Morgan fingerprint density at radius 3 is 2.50 bits per heavy atom. The average Bonchev–Trinajstić information content (AvgIpc) is 2.06. The van der Waals surface area contributed by atoms with Crippen molar-refractivity contribution < 1.29 is 14.3 Å². The first-order chi connectivity index (χ1) is 5.76. The quantitative estimate of drug-likeness (QED) is 0.516. The van der Waals surface area contributed by atoms with Crippen LogP contribution in [0.1, 0.15) is 6.92 Å². The van der Waals surface area contributed by atoms with E-state index in [2.05, 4.69) is 0 Å². The maximum Gasteiger partial charge on any atom is 0.210 e. The van der Waals surface area contributed by atoms with Crippen LogP contribution in [0.3, 0.4) is 0 Å². The molecular formula is C8H17NO3. The van der Waals surface area contributed by atoms with Gasteiger partial charge in [0.15, 0.2) is 0 Å². The Morgan fingerprint density at radius 1 is 1.42 bits per heavy atom. The van der Waals surface area contributed by atoms with E-state index in [-0.39, 0.29) is 6.04 Å². The number of hydrogen-bond donors (Lipinski definition) is 0. The fourth-order valence-corrected chi connectivity index (χ4v) is 0.911. The minimum atomic E-state index is 0.114. The molecular weight excluding hydrogens is 158 g/mol. The van der Waals surface area contributed by atoms with E-state index in [0.29, 0.717) is 19.8 Å². The van der Waals surface area contributed by atoms with E-state index in [1.807, 2.05) is 6.92 Å². The summed E-state index contributed by atoms with van der Waals surface area (Å²) in [7, 11) is 3.24. The molecule has 4 heteroatoms. The summed E-state index contributed by atoms with van der Waals surface area (Å²) in [4.78, 5) is 12.2. The molecule has 0 rings (SSSR count). The van der Waals surface area contributed by atoms with Gasteiger partial charge in [0.25, 0.3) is 0 Å². The minimum Gasteiger partial charge on any atom is -0.383 e. The largest absolute Gasteiger partial charge is 0.383 e. The highest BCUT2D eigenvalue weighted by Crippen LogP contribution is 1.95. The van der Waals surface area contributed by atoms with E-state index in [4.69, 9.17) is 9.47 Å². The summed E-state index contributed by atoms with van der Waals surface area (Å²) in [6, 6.07) is 0.114. The van der Waals surface area contributed by atoms with Crippen molar-refractivity contribution in [2.45, 2.75) is 13.0 Å². The molecule has 1 unspecified atom stereocenters. The Bertz CT molecular complexity index is 119. The smallest absolute Gasteiger partial charge is 0.210 e. The van der Waals surface area contributed by atoms with E-state index >= 15 is 0 Å². The Morgan fingerprint density at radius 2 is 2.08 bits per heavy atom. The van der Waals surface area contributed by atoms with Crippen LogP contribution in [0.25, 0.3) is 0 Å². The number of methoxy groups -OCH3 is 2. The van der Waals surface area contributed by atoms with E-state index in [9.17, 15) is 4.79 Å². The maximum absolute atomic E-state index is 10.5. The number of rotatable bonds is 7. The van der Waals surface area contributed by atoms with Crippen molar-refractivity contribution in [2.75, 3.05) is 34.0 Å². The predicted octanol–water partition coefficient (Wildman–Crippen LogP) is 0.126. The molecule has 0 N–H and O–H groups in total. The van der Waals surface area contributed by atoms with Crippen LogP contribution < -0.4 is 0 Å². The van der Waals surface area contributed by atoms with Gasteiger partial charge in [-0.05, 0) is 6.92 Å². The molecule has 0 bridgehead atoms. The zero-order valence-electron chi connectivity index (χ0n) is 7.95. The number of amides is 1. The second kappa shape index (κ2) is 7.06. The number of ether oxygens (including phenoxy) is 2. The van der Waals surface area contributed by atoms with Crippen molar-refractivity contribution in [3.63, 3.8) is 0 Å². The highest BCUT2D eigenvalue weighted by atomic mass is 16.5. The third-order valence-corrected chi connectivity index (χ3v) is 1.66. The molecule has 72 valence electrons. The van der Waals surface area contributed by atoms with Gasteiger partial charge in [0.05, 0.1) is 19.3 Å². The summed E-state index contributed by atoms with van der Waals surface area (Å²) in [5.41, 5.74) is 0. The standard InChI is InChI=1S/C8H17NO3/c1-8(6-12-3)9(7-10)4-5-11-2/h7-8H,4-6H2,1-3H3. The van der Waals surface area contributed by atoms with Crippen LogP contribution in [0.15, 0.2) is 0 Å². The summed E-state index contributed by atoms with van der Waals surface area (Å²) < 4.78 is 9.79. The molecule has 0 radical (unpaired) electrons. The first-order valence-corrected chi connectivity index (χ1v) is 3.95. The summed E-state index contributed by atoms with van der Waals surface area (Å²) in [6.45, 7) is 3.67. The van der Waals surface area contributed by atoms with Gasteiger partial charge in [-0.3, -0.25) is 4.79 Å². The number of carbonyl (C=O) groups excluding carboxylic acids is 1. The van der Waals surface area contributed by atoms with Gasteiger partial charge >= 0.3 is 0 Å². The lowest BCUT2D eigenvalue weighted by Crippen LogP contribution is -2.37. The molecule has 0 aliphatic carbocycles. The highest BCUT2D eigenvalue weighted by Gasteiger charge is 2.09. The first kappa shape index (κ1) is 11.4. The third kappa shape index (κ3) is 4.31. The maximum atomic E-state index is 10.5. The van der Waals surface area contributed by atoms with Crippen LogP contribution >= 0.6 is 0 Å². The average molecular weight is 175 g/mol. The van der Waals surface area contributed by atoms with Crippen LogP contribution in [0.5, 0.6) is 0 Å². The van der Waals surface area contributed by atoms with Gasteiger partial charge in [0.1, 0.15) is 0 Å². The minimum absolute atomic E-state index is 0.114. The lowest BCUT2D eigenvalue weighted by Gasteiger charge is -2.23. The van der Waals surface area contributed by atoms with Crippen molar-refractivity contribution in [3.05, 3.63) is 0 Å². The van der Waals surface area contributed by atoms with E-state index in [1.54, 1.807) is 19.1 Å². The molecule has 4 nitrogen and oxygen atoms in total. The van der Waals surface area contributed by atoms with Gasteiger partial charge in [0, 0.05) is 20.8 Å². The van der Waals surface area contributed by atoms with Gasteiger partial charge in [-0.15, -0.1) is 0 Å². The number of nitrogens with zero attached hydrogens (tertiary/aromatic N) is 1. The molecule has 0 aliphatic rings. The Labute approximate surface area is 73.4 Å². The fourth-order valence-electron chi connectivity index (χ4n) is 0.911. The van der Waals surface area contributed by atoms with Crippen molar-refractivity contribution in [2.24, 2.45) is 0 Å². The molecule has 12 heavy (non-hydrogen) atoms. The zero-order valence-corrected chi connectivity index (χ0v) is 7.95.